The van der Waals surface area contributed by atoms with E-state index in [1.807, 2.05) is 4.40 Å². The van der Waals surface area contributed by atoms with Crippen LogP contribution in [-0.2, 0) is 6.42 Å². The number of nitrogens with zero attached hydrogens (tertiary/aromatic N) is 2. The van der Waals surface area contributed by atoms with Crippen LogP contribution in [0.15, 0.2) is 41.0 Å². The zero-order valence-corrected chi connectivity index (χ0v) is 13.9. The summed E-state index contributed by atoms with van der Waals surface area (Å²) >= 11 is 3.19. The molecule has 0 amide bonds. The topological polar surface area (TPSA) is 26.5 Å². The van der Waals surface area contributed by atoms with Gasteiger partial charge in [0.15, 0.2) is 0 Å². The number of imidazole rings is 1. The SMILES string of the molecule is Fc1cc2nc3c(n2cc1Br)[C@@H](c1ccccc1OC(F)F)CC3. The Kier molecular flexibility index (Phi) is 3.75. The quantitative estimate of drug-likeness (QED) is 0.628. The van der Waals surface area contributed by atoms with Crippen molar-refractivity contribution in [2.24, 2.45) is 0 Å². The molecule has 0 N–H and O–H groups in total. The second kappa shape index (κ2) is 5.81. The van der Waals surface area contributed by atoms with Gasteiger partial charge in [-0.2, -0.15) is 8.78 Å². The van der Waals surface area contributed by atoms with Crippen LogP contribution >= 0.6 is 15.9 Å². The summed E-state index contributed by atoms with van der Waals surface area (Å²) in [7, 11) is 0. The van der Waals surface area contributed by atoms with Crippen LogP contribution in [0.25, 0.3) is 5.65 Å². The van der Waals surface area contributed by atoms with Crippen LogP contribution < -0.4 is 4.74 Å². The molecular weight excluding hydrogens is 385 g/mol. The summed E-state index contributed by atoms with van der Waals surface area (Å²) in [4.78, 5) is 4.47. The Morgan fingerprint density at radius 3 is 2.88 bits per heavy atom. The van der Waals surface area contributed by atoms with Crippen LogP contribution in [0.3, 0.4) is 0 Å². The lowest BCUT2D eigenvalue weighted by atomic mass is 9.96. The highest BCUT2D eigenvalue weighted by atomic mass is 79.9. The van der Waals surface area contributed by atoms with Gasteiger partial charge in [-0.3, -0.25) is 0 Å². The highest BCUT2D eigenvalue weighted by Gasteiger charge is 2.31. The van der Waals surface area contributed by atoms with Crippen LogP contribution in [0.4, 0.5) is 13.2 Å². The molecule has 1 atom stereocenters. The molecule has 0 spiro atoms. The zero-order valence-electron chi connectivity index (χ0n) is 12.3. The Balaban J connectivity index is 1.86. The number of aryl methyl sites for hydroxylation is 1. The standard InChI is InChI=1S/C17H12BrF3N2O/c18-11-8-23-15(7-12(11)19)22-13-6-5-10(16(13)23)9-3-1-2-4-14(9)24-17(20)21/h1-4,7-8,10,17H,5-6H2/t10-/m1/s1. The number of hydrogen-bond acceptors (Lipinski definition) is 2. The van der Waals surface area contributed by atoms with Crippen molar-refractivity contribution < 1.29 is 17.9 Å². The molecule has 7 heteroatoms. The van der Waals surface area contributed by atoms with Crippen molar-refractivity contribution in [3.63, 3.8) is 0 Å². The summed E-state index contributed by atoms with van der Waals surface area (Å²) in [5, 5.41) is 0. The van der Waals surface area contributed by atoms with Gasteiger partial charge < -0.3 is 9.14 Å². The fourth-order valence-corrected chi connectivity index (χ4v) is 3.67. The van der Waals surface area contributed by atoms with Gasteiger partial charge in [0.1, 0.15) is 17.2 Å². The molecule has 0 aliphatic heterocycles. The lowest BCUT2D eigenvalue weighted by molar-refractivity contribution is -0.0505. The number of halogens is 4. The highest BCUT2D eigenvalue weighted by Crippen LogP contribution is 2.42. The molecule has 3 aromatic rings. The molecule has 0 saturated carbocycles. The van der Waals surface area contributed by atoms with E-state index >= 15 is 0 Å². The minimum absolute atomic E-state index is 0.123. The number of pyridine rings is 1. The normalized spacial score (nSPS) is 16.8. The van der Waals surface area contributed by atoms with E-state index in [2.05, 4.69) is 25.7 Å². The third-order valence-electron chi connectivity index (χ3n) is 4.29. The first kappa shape index (κ1) is 15.5. The van der Waals surface area contributed by atoms with E-state index in [-0.39, 0.29) is 17.5 Å². The largest absolute Gasteiger partial charge is 0.435 e. The summed E-state index contributed by atoms with van der Waals surface area (Å²) in [6.45, 7) is -2.88. The maximum atomic E-state index is 13.7. The number of benzene rings is 1. The predicted octanol–water partition coefficient (Wildman–Crippen LogP) is 4.92. The van der Waals surface area contributed by atoms with Crippen molar-refractivity contribution in [3.8, 4) is 5.75 Å². The Labute approximate surface area is 144 Å². The first-order valence-corrected chi connectivity index (χ1v) is 8.23. The Morgan fingerprint density at radius 2 is 2.08 bits per heavy atom. The molecule has 1 aromatic carbocycles. The average Bonchev–Trinajstić information content (AvgIpc) is 3.08. The number of para-hydroxylation sites is 1. The molecule has 2 heterocycles. The van der Waals surface area contributed by atoms with E-state index in [1.165, 1.54) is 12.1 Å². The molecular formula is C17H12BrF3N2O. The van der Waals surface area contributed by atoms with E-state index in [9.17, 15) is 13.2 Å². The van der Waals surface area contributed by atoms with Crippen LogP contribution in [-0.4, -0.2) is 16.0 Å². The molecule has 0 radical (unpaired) electrons. The van der Waals surface area contributed by atoms with Gasteiger partial charge in [-0.25, -0.2) is 9.37 Å². The van der Waals surface area contributed by atoms with E-state index in [4.69, 9.17) is 0 Å². The second-order valence-corrected chi connectivity index (χ2v) is 6.50. The number of aromatic nitrogens is 2. The smallest absolute Gasteiger partial charge is 0.387 e. The van der Waals surface area contributed by atoms with Crippen molar-refractivity contribution in [1.82, 2.24) is 9.38 Å². The van der Waals surface area contributed by atoms with E-state index in [0.29, 0.717) is 22.1 Å². The molecule has 1 aliphatic carbocycles. The number of fused-ring (bicyclic) bond motifs is 3. The molecule has 124 valence electrons. The number of hydrogen-bond donors (Lipinski definition) is 0. The third-order valence-corrected chi connectivity index (χ3v) is 4.87. The fraction of sp³-hybridized carbons (Fsp3) is 0.235. The molecule has 0 saturated heterocycles. The molecule has 1 aliphatic rings. The van der Waals surface area contributed by atoms with Crippen molar-refractivity contribution in [1.29, 1.82) is 0 Å². The zero-order chi connectivity index (χ0) is 16.8. The summed E-state index contributed by atoms with van der Waals surface area (Å²) in [6, 6.07) is 8.15. The van der Waals surface area contributed by atoms with Crippen molar-refractivity contribution in [3.05, 3.63) is 63.8 Å². The first-order valence-electron chi connectivity index (χ1n) is 7.44. The summed E-state index contributed by atoms with van der Waals surface area (Å²) in [5.74, 6) is -0.340. The van der Waals surface area contributed by atoms with Crippen molar-refractivity contribution in [2.45, 2.75) is 25.4 Å². The molecule has 4 rings (SSSR count). The van der Waals surface area contributed by atoms with Crippen LogP contribution in [0, 0.1) is 5.82 Å². The van der Waals surface area contributed by atoms with Crippen molar-refractivity contribution in [2.75, 3.05) is 0 Å². The molecule has 3 nitrogen and oxygen atoms in total. The van der Waals surface area contributed by atoms with E-state index < -0.39 is 6.61 Å². The number of ether oxygens (including phenoxy) is 1. The monoisotopic (exact) mass is 396 g/mol. The highest BCUT2D eigenvalue weighted by molar-refractivity contribution is 9.10. The van der Waals surface area contributed by atoms with Gasteiger partial charge in [-0.05, 0) is 34.8 Å². The third kappa shape index (κ3) is 2.47. The van der Waals surface area contributed by atoms with Gasteiger partial charge in [0.05, 0.1) is 15.9 Å². The molecule has 0 unspecified atom stereocenters. The van der Waals surface area contributed by atoms with Crippen LogP contribution in [0.1, 0.15) is 29.3 Å². The first-order chi connectivity index (χ1) is 11.5. The Hall–Kier alpha value is -2.02. The Morgan fingerprint density at radius 1 is 1.29 bits per heavy atom. The van der Waals surface area contributed by atoms with Crippen LogP contribution in [0.2, 0.25) is 0 Å². The summed E-state index contributed by atoms with van der Waals surface area (Å²) in [5.41, 5.74) is 2.97. The molecule has 2 aromatic heterocycles. The van der Waals surface area contributed by atoms with Crippen molar-refractivity contribution >= 4 is 21.6 Å². The lowest BCUT2D eigenvalue weighted by Gasteiger charge is -2.17. The molecule has 24 heavy (non-hydrogen) atoms. The van der Waals surface area contributed by atoms with Gasteiger partial charge in [0.2, 0.25) is 0 Å². The van der Waals surface area contributed by atoms with E-state index in [0.717, 1.165) is 17.8 Å². The summed E-state index contributed by atoms with van der Waals surface area (Å²) < 4.78 is 45.9. The van der Waals surface area contributed by atoms with Gasteiger partial charge in [-0.15, -0.1) is 0 Å². The molecule has 0 fully saturated rings. The van der Waals surface area contributed by atoms with Crippen LogP contribution in [0.5, 0.6) is 5.75 Å². The number of alkyl halides is 2. The molecule has 0 bridgehead atoms. The lowest BCUT2D eigenvalue weighted by Crippen LogP contribution is -2.08. The van der Waals surface area contributed by atoms with Gasteiger partial charge in [-0.1, -0.05) is 18.2 Å². The maximum Gasteiger partial charge on any atom is 0.387 e. The van der Waals surface area contributed by atoms with Gasteiger partial charge in [0.25, 0.3) is 0 Å². The van der Waals surface area contributed by atoms with E-state index in [1.54, 1.807) is 24.4 Å². The fourth-order valence-electron chi connectivity index (χ4n) is 3.35. The maximum absolute atomic E-state index is 13.7. The Bertz CT molecular complexity index is 926. The van der Waals surface area contributed by atoms with Gasteiger partial charge >= 0.3 is 6.61 Å². The average molecular weight is 397 g/mol. The number of rotatable bonds is 3. The second-order valence-electron chi connectivity index (χ2n) is 5.65. The summed E-state index contributed by atoms with van der Waals surface area (Å²) in [6.07, 6.45) is 3.09. The minimum atomic E-state index is -2.88. The minimum Gasteiger partial charge on any atom is -0.435 e. The predicted molar refractivity (Wildman–Crippen MR) is 86.1 cm³/mol. The van der Waals surface area contributed by atoms with Gasteiger partial charge in [0, 0.05) is 23.7 Å².